The second-order valence-corrected chi connectivity index (χ2v) is 10.1. The molecule has 0 rings (SSSR count). The molecule has 0 aliphatic heterocycles. The van der Waals surface area contributed by atoms with E-state index in [2.05, 4.69) is 6.92 Å². The summed E-state index contributed by atoms with van der Waals surface area (Å²) in [5, 5.41) is 8.27. The summed E-state index contributed by atoms with van der Waals surface area (Å²) in [6.07, 6.45) is 6.80. The van der Waals surface area contributed by atoms with Gasteiger partial charge in [-0.25, -0.2) is 0 Å². The molecule has 0 saturated heterocycles. The van der Waals surface area contributed by atoms with Crippen molar-refractivity contribution in [1.29, 1.82) is 0 Å². The van der Waals surface area contributed by atoms with Gasteiger partial charge in [0.25, 0.3) is 0 Å². The lowest BCUT2D eigenvalue weighted by Gasteiger charge is -2.23. The number of unbranched alkanes of at least 4 members (excludes halogenated alkanes) is 4. The van der Waals surface area contributed by atoms with E-state index in [1.807, 2.05) is 0 Å². The minimum Gasteiger partial charge on any atom is -0.481 e. The maximum Gasteiger partial charge on any atom is 0.500 e. The number of thiocarbonyl (C=S) groups is 1. The van der Waals surface area contributed by atoms with E-state index in [-0.39, 0.29) is 0 Å². The normalized spacial score (nSPS) is 10.8. The molecule has 0 unspecified atom stereocenters. The van der Waals surface area contributed by atoms with Crippen LogP contribution in [0.1, 0.15) is 51.9 Å². The monoisotopic (exact) mass is 399 g/mol. The van der Waals surface area contributed by atoms with E-state index in [1.54, 1.807) is 21.3 Å². The van der Waals surface area contributed by atoms with Crippen molar-refractivity contribution in [3.8, 4) is 0 Å². The van der Waals surface area contributed by atoms with Crippen LogP contribution in [0.25, 0.3) is 0 Å². The second-order valence-electron chi connectivity index (χ2n) is 5.12. The van der Waals surface area contributed by atoms with E-state index < -0.39 is 14.8 Å². The molecule has 0 saturated carbocycles. The highest BCUT2D eigenvalue weighted by molar-refractivity contribution is 8.22. The molecular weight excluding hydrogens is 366 g/mol. The molecule has 144 valence electrons. The van der Waals surface area contributed by atoms with E-state index in [1.165, 1.54) is 31.0 Å². The Bertz CT molecular complexity index is 323. The van der Waals surface area contributed by atoms with Crippen molar-refractivity contribution in [3.63, 3.8) is 0 Å². The summed E-state index contributed by atoms with van der Waals surface area (Å²) in [6, 6.07) is 0.784. The third-order valence-electron chi connectivity index (χ3n) is 3.30. The Morgan fingerprint density at radius 1 is 1.08 bits per heavy atom. The van der Waals surface area contributed by atoms with Crippen LogP contribution >= 0.6 is 24.0 Å². The summed E-state index contributed by atoms with van der Waals surface area (Å²) in [5.74, 6) is 0.205. The first kappa shape index (κ1) is 26.0. The van der Waals surface area contributed by atoms with Gasteiger partial charge in [0.1, 0.15) is 4.32 Å². The Morgan fingerprint density at radius 3 is 2.04 bits per heavy atom. The molecule has 0 amide bonds. The zero-order chi connectivity index (χ0) is 18.8. The largest absolute Gasteiger partial charge is 0.500 e. The highest BCUT2D eigenvalue weighted by atomic mass is 32.2. The molecule has 0 aromatic heterocycles. The van der Waals surface area contributed by atoms with Gasteiger partial charge >= 0.3 is 14.8 Å². The maximum absolute atomic E-state index is 10.0. The Hall–Kier alpha value is -0.193. The molecule has 6 nitrogen and oxygen atoms in total. The third kappa shape index (κ3) is 16.7. The lowest BCUT2D eigenvalue weighted by molar-refractivity contribution is -0.137. The molecule has 24 heavy (non-hydrogen) atoms. The molecule has 0 fully saturated rings. The summed E-state index contributed by atoms with van der Waals surface area (Å²) >= 11 is 6.21. The second kappa shape index (κ2) is 17.6. The highest BCUT2D eigenvalue weighted by Gasteiger charge is 2.36. The highest BCUT2D eigenvalue weighted by Crippen LogP contribution is 2.17. The standard InChI is InChI=1S/C8H16O2.C7H17NO3S2Si/c1-2-3-4-5-6-7-8(9)10;1-9-14(10-2,11-3)6-4-5-13-7(8)12/h2-7H2,1H3,(H,9,10);4-6H2,1-3H3,(H2,8,12). The van der Waals surface area contributed by atoms with Crippen molar-refractivity contribution in [3.05, 3.63) is 0 Å². The molecule has 0 radical (unpaired) electrons. The summed E-state index contributed by atoms with van der Waals surface area (Å²) in [4.78, 5) is 10.0. The number of thioether (sulfide) groups is 1. The average molecular weight is 400 g/mol. The predicted octanol–water partition coefficient (Wildman–Crippen LogP) is 3.66. The van der Waals surface area contributed by atoms with Gasteiger partial charge in [0.15, 0.2) is 0 Å². The van der Waals surface area contributed by atoms with Crippen LogP contribution in [0.4, 0.5) is 0 Å². The quantitative estimate of drug-likeness (QED) is 0.275. The van der Waals surface area contributed by atoms with E-state index in [0.29, 0.717) is 10.7 Å². The Morgan fingerprint density at radius 2 is 1.62 bits per heavy atom. The minimum absolute atomic E-state index is 0.337. The van der Waals surface area contributed by atoms with Crippen molar-refractivity contribution in [2.24, 2.45) is 5.73 Å². The number of rotatable bonds is 13. The first-order valence-electron chi connectivity index (χ1n) is 8.16. The fourth-order valence-electron chi connectivity index (χ4n) is 1.90. The molecule has 0 bridgehead atoms. The fourth-order valence-corrected chi connectivity index (χ4v) is 4.62. The van der Waals surface area contributed by atoms with Crippen LogP contribution in [0.2, 0.25) is 6.04 Å². The molecule has 9 heteroatoms. The zero-order valence-electron chi connectivity index (χ0n) is 15.3. The molecule has 0 aromatic rings. The molecule has 0 spiro atoms. The van der Waals surface area contributed by atoms with Crippen molar-refractivity contribution in [2.45, 2.75) is 57.9 Å². The molecular formula is C15H33NO5S2Si. The molecule has 0 heterocycles. The van der Waals surface area contributed by atoms with Crippen LogP contribution in [-0.2, 0) is 18.1 Å². The zero-order valence-corrected chi connectivity index (χ0v) is 18.0. The van der Waals surface area contributed by atoms with Crippen LogP contribution in [0.15, 0.2) is 0 Å². The van der Waals surface area contributed by atoms with Crippen molar-refractivity contribution in [2.75, 3.05) is 27.1 Å². The van der Waals surface area contributed by atoms with Crippen LogP contribution in [0.5, 0.6) is 0 Å². The van der Waals surface area contributed by atoms with Crippen LogP contribution < -0.4 is 5.73 Å². The Labute approximate surface area is 157 Å². The van der Waals surface area contributed by atoms with Gasteiger partial charge in [-0.2, -0.15) is 0 Å². The summed E-state index contributed by atoms with van der Waals surface area (Å²) in [5.41, 5.74) is 5.35. The minimum atomic E-state index is -2.39. The van der Waals surface area contributed by atoms with E-state index in [4.69, 9.17) is 36.3 Å². The number of hydrogen-bond acceptors (Lipinski definition) is 6. The van der Waals surface area contributed by atoms with Gasteiger partial charge in [-0.15, -0.1) is 0 Å². The Balaban J connectivity index is 0. The molecule has 0 aromatic carbocycles. The van der Waals surface area contributed by atoms with Gasteiger partial charge in [-0.05, 0) is 12.8 Å². The third-order valence-corrected chi connectivity index (χ3v) is 7.26. The number of carboxylic acids is 1. The van der Waals surface area contributed by atoms with Gasteiger partial charge in [-0.1, -0.05) is 56.6 Å². The Kier molecular flexibility index (Phi) is 19.1. The summed E-state index contributed by atoms with van der Waals surface area (Å²) in [7, 11) is 2.45. The number of carbonyl (C=O) groups is 1. The SMILES string of the molecule is CCCCCCCC(=O)O.CO[Si](CCCSC(N)=S)(OC)OC. The molecule has 3 N–H and O–H groups in total. The lowest BCUT2D eigenvalue weighted by atomic mass is 10.1. The van der Waals surface area contributed by atoms with Crippen molar-refractivity contribution in [1.82, 2.24) is 0 Å². The average Bonchev–Trinajstić information content (AvgIpc) is 2.56. The molecule has 0 aliphatic carbocycles. The van der Waals surface area contributed by atoms with Gasteiger partial charge in [0.2, 0.25) is 0 Å². The van der Waals surface area contributed by atoms with Gasteiger partial charge in [0.05, 0.1) is 0 Å². The first-order chi connectivity index (χ1) is 11.4. The van der Waals surface area contributed by atoms with Crippen molar-refractivity contribution < 1.29 is 23.2 Å². The van der Waals surface area contributed by atoms with Gasteiger partial charge in [-0.3, -0.25) is 4.79 Å². The number of carboxylic acid groups (broad SMARTS) is 1. The van der Waals surface area contributed by atoms with Crippen molar-refractivity contribution >= 4 is 43.1 Å². The molecule has 0 aliphatic rings. The summed E-state index contributed by atoms with van der Waals surface area (Å²) in [6.45, 7) is 2.15. The van der Waals surface area contributed by atoms with E-state index >= 15 is 0 Å². The van der Waals surface area contributed by atoms with Crippen LogP contribution in [-0.4, -0.2) is 51.3 Å². The van der Waals surface area contributed by atoms with Gasteiger partial charge < -0.3 is 24.1 Å². The lowest BCUT2D eigenvalue weighted by Crippen LogP contribution is -2.42. The number of hydrogen-bond donors (Lipinski definition) is 2. The predicted molar refractivity (Wildman–Crippen MR) is 106 cm³/mol. The van der Waals surface area contributed by atoms with E-state index in [9.17, 15) is 4.79 Å². The fraction of sp³-hybridized carbons (Fsp3) is 0.867. The van der Waals surface area contributed by atoms with Gasteiger partial charge in [0, 0.05) is 39.5 Å². The van der Waals surface area contributed by atoms with E-state index in [0.717, 1.165) is 31.1 Å². The van der Waals surface area contributed by atoms with Crippen LogP contribution in [0, 0.1) is 0 Å². The van der Waals surface area contributed by atoms with Crippen LogP contribution in [0.3, 0.4) is 0 Å². The summed E-state index contributed by atoms with van der Waals surface area (Å²) < 4.78 is 16.3. The maximum atomic E-state index is 10.0. The topological polar surface area (TPSA) is 91.0 Å². The smallest absolute Gasteiger partial charge is 0.481 e. The molecule has 0 atom stereocenters. The number of nitrogens with two attached hydrogens (primary N) is 1. The first-order valence-corrected chi connectivity index (χ1v) is 11.5. The number of aliphatic carboxylic acids is 1.